The number of nitrogens with one attached hydrogen (secondary N) is 1. The van der Waals surface area contributed by atoms with Crippen molar-refractivity contribution in [2.45, 2.75) is 30.2 Å². The van der Waals surface area contributed by atoms with E-state index in [2.05, 4.69) is 11.4 Å². The zero-order valence-corrected chi connectivity index (χ0v) is 13.4. The van der Waals surface area contributed by atoms with E-state index in [1.165, 1.54) is 12.0 Å². The van der Waals surface area contributed by atoms with E-state index in [-0.39, 0.29) is 5.97 Å². The molecule has 0 spiro atoms. The monoisotopic (exact) mass is 297 g/mol. The third kappa shape index (κ3) is 4.72. The third-order valence-electron chi connectivity index (χ3n) is 3.32. The van der Waals surface area contributed by atoms with Gasteiger partial charge >= 0.3 is 5.97 Å². The summed E-state index contributed by atoms with van der Waals surface area (Å²) in [4.78, 5) is 12.9. The second kappa shape index (κ2) is 8.17. The Labute approximate surface area is 125 Å². The quantitative estimate of drug-likeness (QED) is 0.454. The first kappa shape index (κ1) is 16.9. The van der Waals surface area contributed by atoms with E-state index in [9.17, 15) is 4.79 Å². The van der Waals surface area contributed by atoms with Crippen molar-refractivity contribution in [1.29, 1.82) is 0 Å². The number of hydrogen-bond acceptors (Lipinski definition) is 5. The first-order chi connectivity index (χ1) is 9.55. The Balaban J connectivity index is 2.42. The van der Waals surface area contributed by atoms with Crippen LogP contribution in [0.3, 0.4) is 0 Å². The van der Waals surface area contributed by atoms with Gasteiger partial charge in [-0.3, -0.25) is 4.79 Å². The molecule has 0 aliphatic carbocycles. The fraction of sp³-hybridized carbons (Fsp3) is 0.533. The summed E-state index contributed by atoms with van der Waals surface area (Å²) in [6.45, 7) is 1.87. The third-order valence-corrected chi connectivity index (χ3v) is 4.40. The zero-order valence-electron chi connectivity index (χ0n) is 12.6. The van der Waals surface area contributed by atoms with Crippen molar-refractivity contribution in [2.24, 2.45) is 0 Å². The van der Waals surface area contributed by atoms with Crippen molar-refractivity contribution in [3.63, 3.8) is 0 Å². The molecular weight excluding hydrogens is 274 g/mol. The molecule has 0 aromatic heterocycles. The lowest BCUT2D eigenvalue weighted by molar-refractivity contribution is -0.148. The average molecular weight is 297 g/mol. The molecular formula is C15H23NO3S. The summed E-state index contributed by atoms with van der Waals surface area (Å²) >= 11 is 1.76. The summed E-state index contributed by atoms with van der Waals surface area (Å²) in [5.74, 6) is 1.59. The van der Waals surface area contributed by atoms with Gasteiger partial charge in [-0.15, -0.1) is 11.8 Å². The normalized spacial score (nSPS) is 13.6. The summed E-state index contributed by atoms with van der Waals surface area (Å²) in [5.41, 5.74) is -0.607. The molecule has 1 rings (SSSR count). The highest BCUT2D eigenvalue weighted by molar-refractivity contribution is 7.99. The van der Waals surface area contributed by atoms with Crippen LogP contribution in [0.1, 0.15) is 19.8 Å². The minimum Gasteiger partial charge on any atom is -0.497 e. The topological polar surface area (TPSA) is 47.6 Å². The molecule has 0 saturated carbocycles. The molecule has 0 heterocycles. The molecule has 4 nitrogen and oxygen atoms in total. The summed E-state index contributed by atoms with van der Waals surface area (Å²) in [5, 5.41) is 3.04. The average Bonchev–Trinajstić information content (AvgIpc) is 2.50. The minimum absolute atomic E-state index is 0.216. The van der Waals surface area contributed by atoms with Crippen molar-refractivity contribution in [3.05, 3.63) is 24.3 Å². The summed E-state index contributed by atoms with van der Waals surface area (Å²) in [7, 11) is 4.87. The standard InChI is InChI=1S/C15H23NO3S/c1-15(16-2,14(17)19-4)9-6-10-20-13-8-5-7-12(11-13)18-3/h5,7-8,11,16H,6,9-10H2,1-4H3. The molecule has 112 valence electrons. The van der Waals surface area contributed by atoms with Crippen LogP contribution in [-0.4, -0.2) is 38.5 Å². The SMILES string of the molecule is CNC(C)(CCCSc1cccc(OC)c1)C(=O)OC. The Morgan fingerprint density at radius 3 is 2.75 bits per heavy atom. The predicted molar refractivity (Wildman–Crippen MR) is 82.4 cm³/mol. The number of benzene rings is 1. The maximum absolute atomic E-state index is 11.7. The fourth-order valence-electron chi connectivity index (χ4n) is 1.86. The van der Waals surface area contributed by atoms with Crippen molar-refractivity contribution < 1.29 is 14.3 Å². The van der Waals surface area contributed by atoms with Gasteiger partial charge in [0.1, 0.15) is 11.3 Å². The highest BCUT2D eigenvalue weighted by Gasteiger charge is 2.31. The van der Waals surface area contributed by atoms with Crippen molar-refractivity contribution in [2.75, 3.05) is 27.0 Å². The number of esters is 1. The molecule has 0 bridgehead atoms. The number of thioether (sulfide) groups is 1. The van der Waals surface area contributed by atoms with E-state index in [4.69, 9.17) is 9.47 Å². The molecule has 20 heavy (non-hydrogen) atoms. The molecule has 1 N–H and O–H groups in total. The summed E-state index contributed by atoms with van der Waals surface area (Å²) < 4.78 is 10.0. The van der Waals surface area contributed by atoms with Gasteiger partial charge in [0.15, 0.2) is 0 Å². The lowest BCUT2D eigenvalue weighted by Crippen LogP contribution is -2.48. The van der Waals surface area contributed by atoms with Crippen LogP contribution in [0.2, 0.25) is 0 Å². The molecule has 0 amide bonds. The van der Waals surface area contributed by atoms with Gasteiger partial charge in [-0.1, -0.05) is 6.07 Å². The smallest absolute Gasteiger partial charge is 0.325 e. The van der Waals surface area contributed by atoms with E-state index in [0.717, 1.165) is 24.3 Å². The summed E-state index contributed by atoms with van der Waals surface area (Å²) in [6.07, 6.45) is 1.67. The fourth-order valence-corrected chi connectivity index (χ4v) is 2.76. The number of likely N-dealkylation sites (N-methyl/N-ethyl adjacent to an activating group) is 1. The van der Waals surface area contributed by atoms with Gasteiger partial charge in [0.05, 0.1) is 14.2 Å². The van der Waals surface area contributed by atoms with Gasteiger partial charge in [0.25, 0.3) is 0 Å². The molecule has 0 aliphatic rings. The number of ether oxygens (including phenoxy) is 2. The van der Waals surface area contributed by atoms with Crippen LogP contribution in [-0.2, 0) is 9.53 Å². The van der Waals surface area contributed by atoms with Crippen molar-refractivity contribution in [1.82, 2.24) is 5.32 Å². The van der Waals surface area contributed by atoms with E-state index in [1.54, 1.807) is 25.9 Å². The molecule has 1 unspecified atom stereocenters. The van der Waals surface area contributed by atoms with Crippen LogP contribution in [0.4, 0.5) is 0 Å². The van der Waals surface area contributed by atoms with Gasteiger partial charge in [0.2, 0.25) is 0 Å². The second-order valence-electron chi connectivity index (χ2n) is 4.70. The molecule has 0 fully saturated rings. The van der Waals surface area contributed by atoms with E-state index in [0.29, 0.717) is 0 Å². The molecule has 1 aromatic rings. The number of rotatable bonds is 8. The van der Waals surface area contributed by atoms with Gasteiger partial charge in [0, 0.05) is 4.90 Å². The van der Waals surface area contributed by atoms with Crippen LogP contribution in [0.5, 0.6) is 5.75 Å². The van der Waals surface area contributed by atoms with Crippen LogP contribution in [0.25, 0.3) is 0 Å². The number of carbonyl (C=O) groups excluding carboxylic acids is 1. The first-order valence-electron chi connectivity index (χ1n) is 6.60. The van der Waals surface area contributed by atoms with Crippen molar-refractivity contribution in [3.8, 4) is 5.75 Å². The summed E-state index contributed by atoms with van der Waals surface area (Å²) in [6, 6.07) is 7.99. The lowest BCUT2D eigenvalue weighted by atomic mass is 9.97. The second-order valence-corrected chi connectivity index (χ2v) is 5.87. The highest BCUT2D eigenvalue weighted by atomic mass is 32.2. The van der Waals surface area contributed by atoms with E-state index in [1.807, 2.05) is 25.1 Å². The Kier molecular flexibility index (Phi) is 6.88. The Bertz CT molecular complexity index is 439. The van der Waals surface area contributed by atoms with Gasteiger partial charge in [-0.25, -0.2) is 0 Å². The molecule has 0 saturated heterocycles. The van der Waals surface area contributed by atoms with Crippen LogP contribution >= 0.6 is 11.8 Å². The zero-order chi connectivity index (χ0) is 15.0. The Morgan fingerprint density at radius 2 is 2.15 bits per heavy atom. The Morgan fingerprint density at radius 1 is 1.40 bits per heavy atom. The molecule has 1 aromatic carbocycles. The largest absolute Gasteiger partial charge is 0.497 e. The van der Waals surface area contributed by atoms with Gasteiger partial charge in [-0.2, -0.15) is 0 Å². The van der Waals surface area contributed by atoms with Gasteiger partial charge in [-0.05, 0) is 50.8 Å². The molecule has 5 heteroatoms. The molecule has 0 radical (unpaired) electrons. The van der Waals surface area contributed by atoms with Crippen LogP contribution in [0.15, 0.2) is 29.2 Å². The number of hydrogen-bond donors (Lipinski definition) is 1. The predicted octanol–water partition coefficient (Wildman–Crippen LogP) is 2.72. The van der Waals surface area contributed by atoms with Gasteiger partial charge < -0.3 is 14.8 Å². The maximum atomic E-state index is 11.7. The molecule has 0 aliphatic heterocycles. The maximum Gasteiger partial charge on any atom is 0.325 e. The van der Waals surface area contributed by atoms with Crippen molar-refractivity contribution >= 4 is 17.7 Å². The lowest BCUT2D eigenvalue weighted by Gasteiger charge is -2.25. The first-order valence-corrected chi connectivity index (χ1v) is 7.58. The van der Waals surface area contributed by atoms with E-state index < -0.39 is 5.54 Å². The number of methoxy groups -OCH3 is 2. The van der Waals surface area contributed by atoms with E-state index >= 15 is 0 Å². The van der Waals surface area contributed by atoms with Crippen LogP contribution in [0, 0.1) is 0 Å². The van der Waals surface area contributed by atoms with Crippen LogP contribution < -0.4 is 10.1 Å². The minimum atomic E-state index is -0.607. The highest BCUT2D eigenvalue weighted by Crippen LogP contribution is 2.25. The molecule has 1 atom stereocenters. The Hall–Kier alpha value is -1.20. The number of carbonyl (C=O) groups is 1.